The molecule has 7 heteroatoms. The van der Waals surface area contributed by atoms with Crippen LogP contribution in [-0.4, -0.2) is 87.0 Å². The van der Waals surface area contributed by atoms with Crippen LogP contribution in [0.15, 0.2) is 0 Å². The van der Waals surface area contributed by atoms with E-state index >= 15 is 0 Å². The first-order valence-electron chi connectivity index (χ1n) is 0.775. The van der Waals surface area contributed by atoms with E-state index in [1.165, 1.54) is 0 Å². The molecule has 0 aliphatic heterocycles. The zero-order chi connectivity index (χ0) is 3.58. The summed E-state index contributed by atoms with van der Waals surface area (Å²) < 4.78 is 0. The third-order valence-corrected chi connectivity index (χ3v) is 0. The molecule has 7 heavy (non-hydrogen) atoms. The van der Waals surface area contributed by atoms with Crippen LogP contribution in [0.1, 0.15) is 0 Å². The molecular formula is H7BNa2O4. The van der Waals surface area contributed by atoms with Crippen LogP contribution in [0.5, 0.6) is 0 Å². The Morgan fingerprint density at radius 1 is 0.857 bits per heavy atom. The summed E-state index contributed by atoms with van der Waals surface area (Å²) >= 11 is 0. The summed E-state index contributed by atoms with van der Waals surface area (Å²) in [6.07, 6.45) is 0. The Hall–Kier alpha value is 1.90. The van der Waals surface area contributed by atoms with Crippen LogP contribution in [-0.2, 0) is 0 Å². The molecule has 0 saturated carbocycles. The van der Waals surface area contributed by atoms with Gasteiger partial charge in [0, 0.05) is 0 Å². The monoisotopic (exact) mass is 128 g/mol. The van der Waals surface area contributed by atoms with Crippen molar-refractivity contribution in [3.05, 3.63) is 0 Å². The van der Waals surface area contributed by atoms with Gasteiger partial charge in [0.05, 0.1) is 0 Å². The van der Waals surface area contributed by atoms with Crippen LogP contribution in [0.4, 0.5) is 0 Å². The molecule has 0 radical (unpaired) electrons. The minimum absolute atomic E-state index is 0. The van der Waals surface area contributed by atoms with Crippen molar-refractivity contribution in [2.24, 2.45) is 0 Å². The zero-order valence-corrected chi connectivity index (χ0v) is 2.42. The molecule has 0 aromatic heterocycles. The van der Waals surface area contributed by atoms with Crippen LogP contribution >= 0.6 is 0 Å². The van der Waals surface area contributed by atoms with Crippen LogP contribution in [0.2, 0.25) is 0 Å². The van der Waals surface area contributed by atoms with E-state index in [0.717, 1.165) is 0 Å². The molecular weight excluding hydrogens is 121 g/mol. The van der Waals surface area contributed by atoms with E-state index in [0.29, 0.717) is 0 Å². The summed E-state index contributed by atoms with van der Waals surface area (Å²) in [4.78, 5) is 0. The maximum absolute atomic E-state index is 7.17. The molecule has 0 aromatic rings. The minimum atomic E-state index is -2.17. The second kappa shape index (κ2) is 15.7. The van der Waals surface area contributed by atoms with Gasteiger partial charge in [0.25, 0.3) is 0 Å². The molecule has 0 rings (SSSR count). The van der Waals surface area contributed by atoms with E-state index < -0.39 is 7.32 Å². The van der Waals surface area contributed by atoms with Gasteiger partial charge in [-0.25, -0.2) is 0 Å². The molecule has 0 bridgehead atoms. The molecule has 0 aliphatic rings. The second-order valence-corrected chi connectivity index (χ2v) is 0.346. The van der Waals surface area contributed by atoms with Crippen molar-refractivity contribution in [3.8, 4) is 0 Å². The van der Waals surface area contributed by atoms with Crippen molar-refractivity contribution in [1.82, 2.24) is 0 Å². The molecule has 4 nitrogen and oxygen atoms in total. The van der Waals surface area contributed by atoms with Crippen LogP contribution in [0, 0.1) is 0 Å². The zero-order valence-electron chi connectivity index (χ0n) is 2.42. The molecule has 0 aromatic carbocycles. The molecule has 36 valence electrons. The van der Waals surface area contributed by atoms with Gasteiger partial charge in [-0.1, -0.05) is 0 Å². The SMILES string of the molecule is O.OB(O)O.[NaH].[NaH]. The summed E-state index contributed by atoms with van der Waals surface area (Å²) in [5.41, 5.74) is 0. The normalized spacial score (nSPS) is 3.86. The van der Waals surface area contributed by atoms with E-state index in [-0.39, 0.29) is 64.6 Å². The van der Waals surface area contributed by atoms with E-state index in [4.69, 9.17) is 15.1 Å². The maximum atomic E-state index is 7.17. The van der Waals surface area contributed by atoms with Gasteiger partial charge < -0.3 is 20.5 Å². The first kappa shape index (κ1) is 23.1. The van der Waals surface area contributed by atoms with Gasteiger partial charge >= 0.3 is 66.4 Å². The summed E-state index contributed by atoms with van der Waals surface area (Å²) in [5.74, 6) is 0. The Balaban J connectivity index is -0.0000000150. The van der Waals surface area contributed by atoms with Gasteiger partial charge in [0.15, 0.2) is 0 Å². The second-order valence-electron chi connectivity index (χ2n) is 0.346. The van der Waals surface area contributed by atoms with E-state index in [1.807, 2.05) is 0 Å². The topological polar surface area (TPSA) is 92.2 Å². The number of rotatable bonds is 0. The fourth-order valence-corrected chi connectivity index (χ4v) is 0. The van der Waals surface area contributed by atoms with Gasteiger partial charge in [0.2, 0.25) is 0 Å². The molecule has 0 fully saturated rings. The van der Waals surface area contributed by atoms with Crippen molar-refractivity contribution >= 4 is 66.4 Å². The van der Waals surface area contributed by atoms with E-state index in [1.54, 1.807) is 0 Å². The van der Waals surface area contributed by atoms with Crippen LogP contribution in [0.3, 0.4) is 0 Å². The molecule has 0 amide bonds. The average Bonchev–Trinajstić information content (AvgIpc) is 0.811. The van der Waals surface area contributed by atoms with Crippen molar-refractivity contribution < 1.29 is 20.5 Å². The standard InChI is InChI=1S/BH3O3.2Na.H2O.2H/c2-1(3)4;;;;;/h2-4H;;;1H2;;. The summed E-state index contributed by atoms with van der Waals surface area (Å²) in [6, 6.07) is 0. The molecule has 0 aliphatic carbocycles. The predicted octanol–water partition coefficient (Wildman–Crippen LogP) is -4.17. The fraction of sp³-hybridized carbons (Fsp3) is 0. The molecule has 5 N–H and O–H groups in total. The quantitative estimate of drug-likeness (QED) is 0.289. The van der Waals surface area contributed by atoms with Crippen molar-refractivity contribution in [2.45, 2.75) is 0 Å². The summed E-state index contributed by atoms with van der Waals surface area (Å²) in [5, 5.41) is 21.5. The first-order chi connectivity index (χ1) is 1.73. The third-order valence-electron chi connectivity index (χ3n) is 0. The van der Waals surface area contributed by atoms with Gasteiger partial charge in [-0.15, -0.1) is 0 Å². The Kier molecular flexibility index (Phi) is 51.8. The third kappa shape index (κ3) is 76.0. The van der Waals surface area contributed by atoms with Crippen molar-refractivity contribution in [2.75, 3.05) is 0 Å². The molecule has 0 atom stereocenters. The number of hydrogen-bond acceptors (Lipinski definition) is 3. The Morgan fingerprint density at radius 3 is 0.857 bits per heavy atom. The predicted molar refractivity (Wildman–Crippen MR) is 30.3 cm³/mol. The average molecular weight is 128 g/mol. The summed E-state index contributed by atoms with van der Waals surface area (Å²) in [6.45, 7) is 0. The van der Waals surface area contributed by atoms with Gasteiger partial charge in [-0.05, 0) is 0 Å². The number of hydrogen-bond donors (Lipinski definition) is 3. The Morgan fingerprint density at radius 2 is 0.857 bits per heavy atom. The first-order valence-corrected chi connectivity index (χ1v) is 0.775. The Bertz CT molecular complexity index is 14.4. The van der Waals surface area contributed by atoms with Crippen molar-refractivity contribution in [3.63, 3.8) is 0 Å². The molecule has 0 unspecified atom stereocenters. The van der Waals surface area contributed by atoms with Gasteiger partial charge in [-0.2, -0.15) is 0 Å². The van der Waals surface area contributed by atoms with Gasteiger partial charge in [0.1, 0.15) is 0 Å². The van der Waals surface area contributed by atoms with Crippen LogP contribution < -0.4 is 0 Å². The van der Waals surface area contributed by atoms with Gasteiger partial charge in [-0.3, -0.25) is 0 Å². The molecule has 0 spiro atoms. The van der Waals surface area contributed by atoms with Crippen LogP contribution in [0.25, 0.3) is 0 Å². The van der Waals surface area contributed by atoms with E-state index in [9.17, 15) is 0 Å². The fourth-order valence-electron chi connectivity index (χ4n) is 0. The Labute approximate surface area is 86.0 Å². The summed E-state index contributed by atoms with van der Waals surface area (Å²) in [7, 11) is -2.17. The van der Waals surface area contributed by atoms with E-state index in [2.05, 4.69) is 0 Å². The van der Waals surface area contributed by atoms with Crippen molar-refractivity contribution in [1.29, 1.82) is 0 Å². The molecule has 0 heterocycles. The molecule has 0 saturated heterocycles.